The van der Waals surface area contributed by atoms with Crippen LogP contribution in [-0.4, -0.2) is 34.0 Å². The summed E-state index contributed by atoms with van der Waals surface area (Å²) in [4.78, 5) is 40.0. The minimum Gasteiger partial charge on any atom is -0.352 e. The van der Waals surface area contributed by atoms with E-state index in [1.54, 1.807) is 25.1 Å². The third-order valence-electron chi connectivity index (χ3n) is 4.32. The van der Waals surface area contributed by atoms with Gasteiger partial charge in [-0.15, -0.1) is 6.58 Å². The Kier molecular flexibility index (Phi) is 7.74. The fourth-order valence-corrected chi connectivity index (χ4v) is 4.62. The molecule has 2 N–H and O–H groups in total. The monoisotopic (exact) mass is 468 g/mol. The van der Waals surface area contributed by atoms with E-state index in [2.05, 4.69) is 22.2 Å². The Morgan fingerprint density at radius 2 is 2.00 bits per heavy atom. The Morgan fingerprint density at radius 1 is 1.25 bits per heavy atom. The topological polar surface area (TPSA) is 114 Å². The number of carbonyl (C=O) groups is 2. The summed E-state index contributed by atoms with van der Waals surface area (Å²) in [7, 11) is 0. The van der Waals surface area contributed by atoms with Gasteiger partial charge in [0.05, 0.1) is 10.7 Å². The zero-order chi connectivity index (χ0) is 23.1. The van der Waals surface area contributed by atoms with Gasteiger partial charge >= 0.3 is 0 Å². The van der Waals surface area contributed by atoms with Gasteiger partial charge in [-0.2, -0.15) is 0 Å². The molecule has 0 saturated heterocycles. The lowest BCUT2D eigenvalue weighted by atomic mass is 10.1. The molecule has 0 spiro atoms. The molecule has 0 bridgehead atoms. The molecule has 0 aliphatic heterocycles. The highest BCUT2D eigenvalue weighted by atomic mass is 32.2. The molecule has 3 aromatic rings. The Labute approximate surface area is 192 Å². The van der Waals surface area contributed by atoms with Gasteiger partial charge in [-0.05, 0) is 13.0 Å². The van der Waals surface area contributed by atoms with Gasteiger partial charge in [-0.3, -0.25) is 19.7 Å². The number of nitro groups is 1. The fourth-order valence-electron chi connectivity index (χ4n) is 2.73. The van der Waals surface area contributed by atoms with Gasteiger partial charge in [-0.25, -0.2) is 4.98 Å². The van der Waals surface area contributed by atoms with Gasteiger partial charge < -0.3 is 10.6 Å². The smallest absolute Gasteiger partial charge is 0.273 e. The lowest BCUT2D eigenvalue weighted by molar-refractivity contribution is -0.385. The van der Waals surface area contributed by atoms with Crippen LogP contribution in [0.5, 0.6) is 0 Å². The van der Waals surface area contributed by atoms with E-state index in [0.717, 1.165) is 5.56 Å². The zero-order valence-electron chi connectivity index (χ0n) is 17.2. The van der Waals surface area contributed by atoms with Gasteiger partial charge in [0.25, 0.3) is 11.6 Å². The van der Waals surface area contributed by atoms with Crippen molar-refractivity contribution in [3.05, 3.63) is 82.4 Å². The van der Waals surface area contributed by atoms with Crippen LogP contribution in [0.25, 0.3) is 11.3 Å². The van der Waals surface area contributed by atoms with Crippen LogP contribution in [0.2, 0.25) is 0 Å². The largest absolute Gasteiger partial charge is 0.352 e. The molecule has 0 atom stereocenters. The van der Waals surface area contributed by atoms with E-state index in [-0.39, 0.29) is 22.9 Å². The summed E-state index contributed by atoms with van der Waals surface area (Å²) >= 11 is 2.50. The molecule has 8 nitrogen and oxygen atoms in total. The lowest BCUT2D eigenvalue weighted by Gasteiger charge is -2.06. The number of thiazole rings is 1. The Hall–Kier alpha value is -3.50. The van der Waals surface area contributed by atoms with Crippen LogP contribution in [0.15, 0.2) is 65.5 Å². The molecular weight excluding hydrogens is 448 g/mol. The molecule has 0 aliphatic rings. The molecule has 0 saturated carbocycles. The molecular formula is C22H20N4O4S2. The first kappa shape index (κ1) is 23.2. The number of amides is 2. The van der Waals surface area contributed by atoms with Crippen molar-refractivity contribution in [2.75, 3.05) is 17.6 Å². The molecule has 0 aliphatic carbocycles. The lowest BCUT2D eigenvalue weighted by Crippen LogP contribution is -2.24. The first-order valence-electron chi connectivity index (χ1n) is 9.52. The number of aromatic nitrogens is 1. The van der Waals surface area contributed by atoms with Gasteiger partial charge in [0.15, 0.2) is 4.34 Å². The van der Waals surface area contributed by atoms with Crippen LogP contribution in [0.1, 0.15) is 15.9 Å². The van der Waals surface area contributed by atoms with Crippen molar-refractivity contribution in [3.63, 3.8) is 0 Å². The van der Waals surface area contributed by atoms with Gasteiger partial charge in [-0.1, -0.05) is 65.6 Å². The highest BCUT2D eigenvalue weighted by Gasteiger charge is 2.19. The molecule has 0 unspecified atom stereocenters. The fraction of sp³-hybridized carbons (Fsp3) is 0.136. The number of hydrogen-bond donors (Lipinski definition) is 2. The molecule has 2 aromatic carbocycles. The molecule has 164 valence electrons. The summed E-state index contributed by atoms with van der Waals surface area (Å²) in [6, 6.07) is 13.7. The quantitative estimate of drug-likeness (QED) is 0.204. The number of thioether (sulfide) groups is 1. The van der Waals surface area contributed by atoms with E-state index in [0.29, 0.717) is 27.1 Å². The third-order valence-corrected chi connectivity index (χ3v) is 6.43. The SMILES string of the molecule is C=CCNC(=O)CSc1nc(-c2ccccc2)c(NC(=O)c2ccc(C)c([N+](=O)[O-])c2)s1. The van der Waals surface area contributed by atoms with Crippen LogP contribution < -0.4 is 10.6 Å². The second kappa shape index (κ2) is 10.7. The van der Waals surface area contributed by atoms with Crippen LogP contribution >= 0.6 is 23.1 Å². The van der Waals surface area contributed by atoms with Gasteiger partial charge in [0.2, 0.25) is 5.91 Å². The highest BCUT2D eigenvalue weighted by Crippen LogP contribution is 2.38. The van der Waals surface area contributed by atoms with E-state index in [1.165, 1.54) is 29.2 Å². The van der Waals surface area contributed by atoms with E-state index in [1.807, 2.05) is 30.3 Å². The third kappa shape index (κ3) is 5.80. The number of aryl methyl sites for hydroxylation is 1. The Morgan fingerprint density at radius 3 is 2.69 bits per heavy atom. The summed E-state index contributed by atoms with van der Waals surface area (Å²) in [5.41, 5.74) is 1.90. The molecule has 32 heavy (non-hydrogen) atoms. The van der Waals surface area contributed by atoms with Crippen LogP contribution in [0.4, 0.5) is 10.7 Å². The zero-order valence-corrected chi connectivity index (χ0v) is 18.8. The van der Waals surface area contributed by atoms with Crippen LogP contribution in [0, 0.1) is 17.0 Å². The standard InChI is InChI=1S/C22H20N4O4S2/c1-3-11-23-18(27)13-31-22-24-19(15-7-5-4-6-8-15)21(32-22)25-20(28)16-10-9-14(2)17(12-16)26(29)30/h3-10,12H,1,11,13H2,2H3,(H,23,27)(H,25,28). The van der Waals surface area contributed by atoms with E-state index >= 15 is 0 Å². The minimum absolute atomic E-state index is 0.119. The van der Waals surface area contributed by atoms with Crippen LogP contribution in [0.3, 0.4) is 0 Å². The van der Waals surface area contributed by atoms with Crippen molar-refractivity contribution in [2.24, 2.45) is 0 Å². The van der Waals surface area contributed by atoms with Gasteiger partial charge in [0.1, 0.15) is 10.7 Å². The summed E-state index contributed by atoms with van der Waals surface area (Å²) in [6.07, 6.45) is 1.60. The Bertz CT molecular complexity index is 1160. The summed E-state index contributed by atoms with van der Waals surface area (Å²) in [5.74, 6) is -0.453. The average molecular weight is 469 g/mol. The van der Waals surface area contributed by atoms with Crippen molar-refractivity contribution in [1.82, 2.24) is 10.3 Å². The summed E-state index contributed by atoms with van der Waals surface area (Å²) in [5, 5.41) is 17.2. The Balaban J connectivity index is 1.86. The molecule has 2 amide bonds. The number of nitrogens with one attached hydrogen (secondary N) is 2. The molecule has 3 rings (SSSR count). The van der Waals surface area contributed by atoms with Crippen molar-refractivity contribution in [2.45, 2.75) is 11.3 Å². The number of carbonyl (C=O) groups excluding carboxylic acids is 2. The van der Waals surface area contributed by atoms with E-state index < -0.39 is 10.8 Å². The summed E-state index contributed by atoms with van der Waals surface area (Å²) < 4.78 is 0.614. The second-order valence-electron chi connectivity index (χ2n) is 6.62. The number of hydrogen-bond acceptors (Lipinski definition) is 7. The predicted octanol–water partition coefficient (Wildman–Crippen LogP) is 4.67. The van der Waals surface area contributed by atoms with Crippen LogP contribution in [-0.2, 0) is 4.79 Å². The summed E-state index contributed by atoms with van der Waals surface area (Å²) in [6.45, 7) is 5.56. The second-order valence-corrected chi connectivity index (χ2v) is 8.84. The first-order chi connectivity index (χ1) is 15.4. The number of nitro benzene ring substituents is 1. The first-order valence-corrected chi connectivity index (χ1v) is 11.3. The molecule has 10 heteroatoms. The van der Waals surface area contributed by atoms with Gasteiger partial charge in [0, 0.05) is 29.3 Å². The average Bonchev–Trinajstić information content (AvgIpc) is 3.19. The van der Waals surface area contributed by atoms with Crippen molar-refractivity contribution in [1.29, 1.82) is 0 Å². The number of benzene rings is 2. The normalized spacial score (nSPS) is 10.4. The maximum atomic E-state index is 12.8. The van der Waals surface area contributed by atoms with Crippen molar-refractivity contribution < 1.29 is 14.5 Å². The molecule has 1 heterocycles. The highest BCUT2D eigenvalue weighted by molar-refractivity contribution is 8.01. The van der Waals surface area contributed by atoms with E-state index in [9.17, 15) is 19.7 Å². The maximum Gasteiger partial charge on any atom is 0.273 e. The molecule has 0 fully saturated rings. The number of rotatable bonds is 9. The van der Waals surface area contributed by atoms with Crippen molar-refractivity contribution >= 4 is 45.6 Å². The number of nitrogens with zero attached hydrogens (tertiary/aromatic N) is 2. The molecule has 1 aromatic heterocycles. The van der Waals surface area contributed by atoms with E-state index in [4.69, 9.17) is 0 Å². The maximum absolute atomic E-state index is 12.8. The number of anilines is 1. The molecule has 0 radical (unpaired) electrons. The minimum atomic E-state index is -0.514. The predicted molar refractivity (Wildman–Crippen MR) is 127 cm³/mol. The van der Waals surface area contributed by atoms with Crippen molar-refractivity contribution in [3.8, 4) is 11.3 Å².